The van der Waals surface area contributed by atoms with E-state index in [0.717, 1.165) is 64.8 Å². The Morgan fingerprint density at radius 1 is 0.923 bits per heavy atom. The molecule has 26 heavy (non-hydrogen) atoms. The number of carbonyl (C=O) groups excluding carboxylic acids is 2. The maximum absolute atomic E-state index is 12.3. The molecule has 0 aromatic carbocycles. The van der Waals surface area contributed by atoms with E-state index in [9.17, 15) is 9.59 Å². The number of nitrogens with zero attached hydrogens (tertiary/aromatic N) is 1. The van der Waals surface area contributed by atoms with Crippen LogP contribution in [0.1, 0.15) is 64.2 Å². The SMILES string of the molecule is O=C(CNC(=O)C1CCCCC1)NCC1(N2CCOCC2)CCCCC1. The summed E-state index contributed by atoms with van der Waals surface area (Å²) in [4.78, 5) is 27.1. The third kappa shape index (κ3) is 5.19. The molecule has 0 bridgehead atoms. The first-order chi connectivity index (χ1) is 12.7. The molecule has 148 valence electrons. The Balaban J connectivity index is 1.45. The average Bonchev–Trinajstić information content (AvgIpc) is 2.72. The number of amides is 2. The van der Waals surface area contributed by atoms with Gasteiger partial charge in [0, 0.05) is 31.1 Å². The van der Waals surface area contributed by atoms with Crippen LogP contribution in [0.5, 0.6) is 0 Å². The number of hydrogen-bond acceptors (Lipinski definition) is 4. The van der Waals surface area contributed by atoms with Crippen molar-refractivity contribution < 1.29 is 14.3 Å². The standard InChI is InChI=1S/C20H35N3O3/c24-18(15-21-19(25)17-7-3-1-4-8-17)22-16-20(9-5-2-6-10-20)23-11-13-26-14-12-23/h17H,1-16H2,(H,21,25)(H,22,24). The molecule has 0 atom stereocenters. The Bertz CT molecular complexity index is 465. The molecule has 3 aliphatic rings. The summed E-state index contributed by atoms with van der Waals surface area (Å²) in [6.45, 7) is 4.27. The number of carbonyl (C=O) groups is 2. The van der Waals surface area contributed by atoms with Crippen molar-refractivity contribution in [1.82, 2.24) is 15.5 Å². The van der Waals surface area contributed by atoms with E-state index in [4.69, 9.17) is 4.74 Å². The molecule has 0 unspecified atom stereocenters. The molecule has 6 nitrogen and oxygen atoms in total. The Kier molecular flexibility index (Phi) is 7.32. The van der Waals surface area contributed by atoms with Gasteiger partial charge < -0.3 is 15.4 Å². The van der Waals surface area contributed by atoms with E-state index >= 15 is 0 Å². The molecular weight excluding hydrogens is 330 g/mol. The van der Waals surface area contributed by atoms with Crippen LogP contribution in [0, 0.1) is 5.92 Å². The van der Waals surface area contributed by atoms with Crippen molar-refractivity contribution in [3.8, 4) is 0 Å². The molecule has 0 radical (unpaired) electrons. The second-order valence-corrected chi connectivity index (χ2v) is 8.21. The number of nitrogens with one attached hydrogen (secondary N) is 2. The van der Waals surface area contributed by atoms with Crippen LogP contribution in [0.25, 0.3) is 0 Å². The van der Waals surface area contributed by atoms with E-state index in [-0.39, 0.29) is 29.8 Å². The topological polar surface area (TPSA) is 70.7 Å². The number of ether oxygens (including phenoxy) is 1. The van der Waals surface area contributed by atoms with Crippen molar-refractivity contribution in [3.63, 3.8) is 0 Å². The first kappa shape index (κ1) is 19.6. The Hall–Kier alpha value is -1.14. The van der Waals surface area contributed by atoms with Gasteiger partial charge in [0.15, 0.2) is 0 Å². The predicted molar refractivity (Wildman–Crippen MR) is 101 cm³/mol. The van der Waals surface area contributed by atoms with Crippen LogP contribution in [-0.4, -0.2) is 61.6 Å². The van der Waals surface area contributed by atoms with E-state index in [1.165, 1.54) is 25.7 Å². The van der Waals surface area contributed by atoms with Gasteiger partial charge in [0.05, 0.1) is 19.8 Å². The lowest BCUT2D eigenvalue weighted by atomic mass is 9.79. The normalized spacial score (nSPS) is 24.8. The van der Waals surface area contributed by atoms with Crippen molar-refractivity contribution in [2.45, 2.75) is 69.7 Å². The summed E-state index contributed by atoms with van der Waals surface area (Å²) in [5, 5.41) is 5.96. The van der Waals surface area contributed by atoms with Crippen LogP contribution in [0.4, 0.5) is 0 Å². The summed E-state index contributed by atoms with van der Waals surface area (Å²) in [5.74, 6) is 0.0994. The summed E-state index contributed by atoms with van der Waals surface area (Å²) in [7, 11) is 0. The third-order valence-corrected chi connectivity index (χ3v) is 6.48. The van der Waals surface area contributed by atoms with Crippen LogP contribution in [0.15, 0.2) is 0 Å². The van der Waals surface area contributed by atoms with Crippen molar-refractivity contribution >= 4 is 11.8 Å². The van der Waals surface area contributed by atoms with Gasteiger partial charge in [-0.15, -0.1) is 0 Å². The summed E-state index contributed by atoms with van der Waals surface area (Å²) in [6.07, 6.45) is 11.5. The summed E-state index contributed by atoms with van der Waals surface area (Å²) < 4.78 is 5.51. The number of rotatable bonds is 6. The maximum Gasteiger partial charge on any atom is 0.239 e. The minimum atomic E-state index is -0.0626. The zero-order valence-electron chi connectivity index (χ0n) is 16.1. The van der Waals surface area contributed by atoms with Gasteiger partial charge in [0.2, 0.25) is 11.8 Å². The molecule has 2 N–H and O–H groups in total. The van der Waals surface area contributed by atoms with Gasteiger partial charge >= 0.3 is 0 Å². The van der Waals surface area contributed by atoms with E-state index in [1.54, 1.807) is 0 Å². The summed E-state index contributed by atoms with van der Waals surface area (Å²) >= 11 is 0. The van der Waals surface area contributed by atoms with Gasteiger partial charge in [-0.2, -0.15) is 0 Å². The van der Waals surface area contributed by atoms with Gasteiger partial charge in [-0.05, 0) is 25.7 Å². The maximum atomic E-state index is 12.3. The van der Waals surface area contributed by atoms with Crippen molar-refractivity contribution in [2.75, 3.05) is 39.4 Å². The quantitative estimate of drug-likeness (QED) is 0.753. The van der Waals surface area contributed by atoms with Crippen LogP contribution in [0.2, 0.25) is 0 Å². The molecule has 3 rings (SSSR count). The molecule has 1 heterocycles. The van der Waals surface area contributed by atoms with Crippen LogP contribution in [-0.2, 0) is 14.3 Å². The minimum Gasteiger partial charge on any atom is -0.379 e. The minimum absolute atomic E-state index is 0.0559. The van der Waals surface area contributed by atoms with Gasteiger partial charge in [-0.1, -0.05) is 38.5 Å². The highest BCUT2D eigenvalue weighted by Crippen LogP contribution is 2.33. The van der Waals surface area contributed by atoms with Gasteiger partial charge in [0.1, 0.15) is 0 Å². The fourth-order valence-corrected chi connectivity index (χ4v) is 4.85. The highest BCUT2D eigenvalue weighted by atomic mass is 16.5. The summed E-state index contributed by atoms with van der Waals surface area (Å²) in [5.41, 5.74) is 0.0745. The molecule has 0 aromatic heterocycles. The lowest BCUT2D eigenvalue weighted by Gasteiger charge is -2.48. The zero-order chi connectivity index (χ0) is 18.2. The Labute approximate surface area is 157 Å². The Morgan fingerprint density at radius 2 is 1.58 bits per heavy atom. The highest BCUT2D eigenvalue weighted by molar-refractivity contribution is 5.85. The summed E-state index contributed by atoms with van der Waals surface area (Å²) in [6, 6.07) is 0. The van der Waals surface area contributed by atoms with E-state index in [2.05, 4.69) is 15.5 Å². The first-order valence-electron chi connectivity index (χ1n) is 10.6. The molecule has 2 saturated carbocycles. The highest BCUT2D eigenvalue weighted by Gasteiger charge is 2.38. The fourth-order valence-electron chi connectivity index (χ4n) is 4.85. The van der Waals surface area contributed by atoms with Crippen molar-refractivity contribution in [1.29, 1.82) is 0 Å². The molecule has 2 aliphatic carbocycles. The van der Waals surface area contributed by atoms with E-state index < -0.39 is 0 Å². The molecule has 0 spiro atoms. The lowest BCUT2D eigenvalue weighted by Crippen LogP contribution is -2.60. The smallest absolute Gasteiger partial charge is 0.239 e. The lowest BCUT2D eigenvalue weighted by molar-refractivity contribution is -0.129. The van der Waals surface area contributed by atoms with Gasteiger partial charge in [0.25, 0.3) is 0 Å². The molecule has 0 aromatic rings. The van der Waals surface area contributed by atoms with E-state index in [1.807, 2.05) is 0 Å². The predicted octanol–water partition coefficient (Wildman–Crippen LogP) is 1.83. The fraction of sp³-hybridized carbons (Fsp3) is 0.900. The first-order valence-corrected chi connectivity index (χ1v) is 10.6. The molecule has 1 aliphatic heterocycles. The molecule has 2 amide bonds. The second kappa shape index (κ2) is 9.70. The van der Waals surface area contributed by atoms with E-state index in [0.29, 0.717) is 6.54 Å². The van der Waals surface area contributed by atoms with Gasteiger partial charge in [-0.3, -0.25) is 14.5 Å². The largest absolute Gasteiger partial charge is 0.379 e. The number of hydrogen-bond donors (Lipinski definition) is 2. The second-order valence-electron chi connectivity index (χ2n) is 8.21. The van der Waals surface area contributed by atoms with Gasteiger partial charge in [-0.25, -0.2) is 0 Å². The molecular formula is C20H35N3O3. The molecule has 1 saturated heterocycles. The van der Waals surface area contributed by atoms with Crippen LogP contribution in [0.3, 0.4) is 0 Å². The van der Waals surface area contributed by atoms with Crippen LogP contribution < -0.4 is 10.6 Å². The van der Waals surface area contributed by atoms with Crippen LogP contribution >= 0.6 is 0 Å². The third-order valence-electron chi connectivity index (χ3n) is 6.48. The molecule has 6 heteroatoms. The van der Waals surface area contributed by atoms with Crippen molar-refractivity contribution in [2.24, 2.45) is 5.92 Å². The average molecular weight is 366 g/mol. The monoisotopic (exact) mass is 365 g/mol. The van der Waals surface area contributed by atoms with Crippen molar-refractivity contribution in [3.05, 3.63) is 0 Å². The zero-order valence-corrected chi connectivity index (χ0v) is 16.1. The Morgan fingerprint density at radius 3 is 2.27 bits per heavy atom. The molecule has 3 fully saturated rings. The number of morpholine rings is 1.